The molecule has 2 aliphatic rings. The molecule has 23 heavy (non-hydrogen) atoms. The van der Waals surface area contributed by atoms with Crippen molar-refractivity contribution in [2.24, 2.45) is 0 Å². The number of para-hydroxylation sites is 1. The van der Waals surface area contributed by atoms with Crippen LogP contribution in [0.25, 0.3) is 5.57 Å². The van der Waals surface area contributed by atoms with Crippen molar-refractivity contribution in [2.75, 3.05) is 18.5 Å². The predicted molar refractivity (Wildman–Crippen MR) is 93.5 cm³/mol. The second-order valence-electron chi connectivity index (χ2n) is 5.17. The van der Waals surface area contributed by atoms with Crippen molar-refractivity contribution in [2.45, 2.75) is 12.8 Å². The predicted octanol–water partition coefficient (Wildman–Crippen LogP) is 2.54. The van der Waals surface area contributed by atoms with Crippen molar-refractivity contribution in [1.82, 2.24) is 4.90 Å². The first-order valence-electron chi connectivity index (χ1n) is 7.08. The number of thioether (sulfide) groups is 1. The summed E-state index contributed by atoms with van der Waals surface area (Å²) in [5.41, 5.74) is 1.95. The molecule has 2 amide bonds. The standard InChI is InChI=1S/C16H13N3O2S2/c1-18-15(21)13(23-16(18)22)12-10-6-2-3-7-11(10)19(14(12)20)9-5-4-8-17/h2-3,6-7H,4-5,9H2,1H3. The number of carbonyl (C=O) groups excluding carboxylic acids is 2. The number of carbonyl (C=O) groups is 2. The summed E-state index contributed by atoms with van der Waals surface area (Å²) in [5.74, 6) is -0.435. The molecular formula is C16H13N3O2S2. The molecule has 5 nitrogen and oxygen atoms in total. The van der Waals surface area contributed by atoms with Crippen LogP contribution in [0.15, 0.2) is 29.2 Å². The number of benzene rings is 1. The maximum absolute atomic E-state index is 12.9. The Morgan fingerprint density at radius 1 is 1.26 bits per heavy atom. The summed E-state index contributed by atoms with van der Waals surface area (Å²) in [5, 5.41) is 8.69. The van der Waals surface area contributed by atoms with Crippen molar-refractivity contribution < 1.29 is 9.59 Å². The van der Waals surface area contributed by atoms with E-state index in [2.05, 4.69) is 6.07 Å². The van der Waals surface area contributed by atoms with Gasteiger partial charge in [-0.25, -0.2) is 0 Å². The molecule has 0 N–H and O–H groups in total. The minimum absolute atomic E-state index is 0.196. The number of amides is 2. The molecule has 3 rings (SSSR count). The number of rotatable bonds is 3. The van der Waals surface area contributed by atoms with E-state index in [9.17, 15) is 9.59 Å². The average molecular weight is 343 g/mol. The molecule has 0 unspecified atom stereocenters. The monoisotopic (exact) mass is 343 g/mol. The number of hydrogen-bond donors (Lipinski definition) is 0. The normalized spacial score (nSPS) is 20.3. The van der Waals surface area contributed by atoms with Crippen molar-refractivity contribution in [3.05, 3.63) is 34.7 Å². The SMILES string of the molecule is CN1C(=O)C(=C2C(=O)N(CCCC#N)c3ccccc32)SC1=S. The molecule has 0 spiro atoms. The summed E-state index contributed by atoms with van der Waals surface area (Å²) < 4.78 is 0.450. The third-order valence-electron chi connectivity index (χ3n) is 3.78. The highest BCUT2D eigenvalue weighted by atomic mass is 32.2. The zero-order chi connectivity index (χ0) is 16.6. The molecular weight excluding hydrogens is 330 g/mol. The van der Waals surface area contributed by atoms with Crippen LogP contribution in [0.4, 0.5) is 5.69 Å². The van der Waals surface area contributed by atoms with Crippen LogP contribution in [0.3, 0.4) is 0 Å². The van der Waals surface area contributed by atoms with Gasteiger partial charge in [-0.05, 0) is 12.5 Å². The Morgan fingerprint density at radius 2 is 2.00 bits per heavy atom. The Kier molecular flexibility index (Phi) is 4.20. The molecule has 0 radical (unpaired) electrons. The van der Waals surface area contributed by atoms with Crippen LogP contribution in [0, 0.1) is 11.3 Å². The summed E-state index contributed by atoms with van der Waals surface area (Å²) in [6.45, 7) is 0.458. The quantitative estimate of drug-likeness (QED) is 0.479. The van der Waals surface area contributed by atoms with Gasteiger partial charge in [0, 0.05) is 25.6 Å². The Hall–Kier alpha value is -2.17. The fraction of sp³-hybridized carbons (Fsp3) is 0.250. The Balaban J connectivity index is 2.07. The van der Waals surface area contributed by atoms with E-state index in [0.717, 1.165) is 23.0 Å². The van der Waals surface area contributed by atoms with Crippen molar-refractivity contribution >= 4 is 51.4 Å². The fourth-order valence-electron chi connectivity index (χ4n) is 2.63. The topological polar surface area (TPSA) is 64.4 Å². The smallest absolute Gasteiger partial charge is 0.266 e. The lowest BCUT2D eigenvalue weighted by Gasteiger charge is -2.16. The summed E-state index contributed by atoms with van der Waals surface area (Å²) >= 11 is 6.32. The number of likely N-dealkylation sites (N-methyl/N-ethyl adjacent to an activating group) is 1. The van der Waals surface area contributed by atoms with E-state index in [-0.39, 0.29) is 11.8 Å². The lowest BCUT2D eigenvalue weighted by Crippen LogP contribution is -2.28. The highest BCUT2D eigenvalue weighted by Crippen LogP contribution is 2.44. The van der Waals surface area contributed by atoms with Crippen LogP contribution in [-0.2, 0) is 9.59 Å². The Bertz CT molecular complexity index is 795. The first-order valence-corrected chi connectivity index (χ1v) is 8.31. The van der Waals surface area contributed by atoms with Crippen LogP contribution in [0.1, 0.15) is 18.4 Å². The zero-order valence-corrected chi connectivity index (χ0v) is 14.0. The zero-order valence-electron chi connectivity index (χ0n) is 12.4. The summed E-state index contributed by atoms with van der Waals surface area (Å²) in [7, 11) is 1.61. The highest BCUT2D eigenvalue weighted by Gasteiger charge is 2.40. The molecule has 7 heteroatoms. The summed E-state index contributed by atoms with van der Waals surface area (Å²) in [6, 6.07) is 9.49. The summed E-state index contributed by atoms with van der Waals surface area (Å²) in [6.07, 6.45) is 0.983. The van der Waals surface area contributed by atoms with E-state index < -0.39 is 0 Å². The van der Waals surface area contributed by atoms with E-state index >= 15 is 0 Å². The Labute approximate surface area is 143 Å². The third kappa shape index (κ3) is 2.54. The van der Waals surface area contributed by atoms with Crippen molar-refractivity contribution in [3.63, 3.8) is 0 Å². The number of unbranched alkanes of at least 4 members (excludes halogenated alkanes) is 1. The molecule has 1 fully saturated rings. The number of nitriles is 1. The number of fused-ring (bicyclic) bond motifs is 1. The van der Waals surface area contributed by atoms with E-state index in [4.69, 9.17) is 17.5 Å². The minimum Gasteiger partial charge on any atom is -0.308 e. The number of nitrogens with zero attached hydrogens (tertiary/aromatic N) is 3. The van der Waals surface area contributed by atoms with E-state index in [1.54, 1.807) is 11.9 Å². The molecule has 1 aromatic carbocycles. The van der Waals surface area contributed by atoms with E-state index in [1.807, 2.05) is 24.3 Å². The maximum atomic E-state index is 12.9. The molecule has 0 atom stereocenters. The molecule has 116 valence electrons. The third-order valence-corrected chi connectivity index (χ3v) is 5.34. The lowest BCUT2D eigenvalue weighted by molar-refractivity contribution is -0.121. The second kappa shape index (κ2) is 6.14. The Morgan fingerprint density at radius 3 is 2.65 bits per heavy atom. The van der Waals surface area contributed by atoms with E-state index in [1.165, 1.54) is 4.90 Å². The van der Waals surface area contributed by atoms with Gasteiger partial charge in [-0.15, -0.1) is 0 Å². The van der Waals surface area contributed by atoms with Crippen LogP contribution >= 0.6 is 24.0 Å². The van der Waals surface area contributed by atoms with Crippen LogP contribution in [0.2, 0.25) is 0 Å². The average Bonchev–Trinajstić information content (AvgIpc) is 2.96. The molecule has 2 aliphatic heterocycles. The lowest BCUT2D eigenvalue weighted by atomic mass is 10.1. The van der Waals surface area contributed by atoms with Gasteiger partial charge in [0.05, 0.1) is 22.2 Å². The molecule has 2 heterocycles. The van der Waals surface area contributed by atoms with Crippen molar-refractivity contribution in [1.29, 1.82) is 5.26 Å². The largest absolute Gasteiger partial charge is 0.308 e. The van der Waals surface area contributed by atoms with Gasteiger partial charge < -0.3 is 4.90 Å². The number of thiocarbonyl (C=S) groups is 1. The van der Waals surface area contributed by atoms with Gasteiger partial charge >= 0.3 is 0 Å². The molecule has 1 saturated heterocycles. The van der Waals surface area contributed by atoms with Crippen molar-refractivity contribution in [3.8, 4) is 6.07 Å². The number of hydrogen-bond acceptors (Lipinski definition) is 5. The number of anilines is 1. The highest BCUT2D eigenvalue weighted by molar-refractivity contribution is 8.26. The summed E-state index contributed by atoms with van der Waals surface area (Å²) in [4.78, 5) is 28.6. The molecule has 0 bridgehead atoms. The van der Waals surface area contributed by atoms with E-state index in [0.29, 0.717) is 34.2 Å². The van der Waals surface area contributed by atoms with Crippen LogP contribution in [0.5, 0.6) is 0 Å². The first kappa shape index (κ1) is 15.7. The van der Waals surface area contributed by atoms with Gasteiger partial charge in [0.15, 0.2) is 0 Å². The molecule has 0 aromatic heterocycles. The second-order valence-corrected chi connectivity index (χ2v) is 6.82. The van der Waals surface area contributed by atoms with Crippen LogP contribution in [-0.4, -0.2) is 34.6 Å². The van der Waals surface area contributed by atoms with Gasteiger partial charge in [0.1, 0.15) is 4.32 Å². The minimum atomic E-state index is -0.239. The van der Waals surface area contributed by atoms with Gasteiger partial charge in [0.2, 0.25) is 0 Å². The maximum Gasteiger partial charge on any atom is 0.266 e. The molecule has 0 aliphatic carbocycles. The molecule has 0 saturated carbocycles. The molecule has 1 aromatic rings. The van der Waals surface area contributed by atoms with Gasteiger partial charge in [-0.3, -0.25) is 14.5 Å². The first-order chi connectivity index (χ1) is 11.1. The van der Waals surface area contributed by atoms with Gasteiger partial charge in [-0.2, -0.15) is 5.26 Å². The van der Waals surface area contributed by atoms with Gasteiger partial charge in [-0.1, -0.05) is 42.2 Å². The van der Waals surface area contributed by atoms with Gasteiger partial charge in [0.25, 0.3) is 11.8 Å². The fourth-order valence-corrected chi connectivity index (χ4v) is 3.88. The van der Waals surface area contributed by atoms with Crippen LogP contribution < -0.4 is 4.90 Å².